The maximum atomic E-state index is 14.3. The summed E-state index contributed by atoms with van der Waals surface area (Å²) in [5, 5.41) is 3.35. The fraction of sp³-hybridized carbons (Fsp3) is 1.00. The summed E-state index contributed by atoms with van der Waals surface area (Å²) in [5.74, 6) is 0.499. The number of hydrogen-bond acceptors (Lipinski definition) is 2. The van der Waals surface area contributed by atoms with E-state index in [9.17, 15) is 4.39 Å². The lowest BCUT2D eigenvalue weighted by Gasteiger charge is -2.30. The van der Waals surface area contributed by atoms with Crippen molar-refractivity contribution in [3.63, 3.8) is 0 Å². The summed E-state index contributed by atoms with van der Waals surface area (Å²) >= 11 is 0. The van der Waals surface area contributed by atoms with Crippen LogP contribution in [0.2, 0.25) is 0 Å². The van der Waals surface area contributed by atoms with Gasteiger partial charge >= 0.3 is 0 Å². The first-order valence-electron chi connectivity index (χ1n) is 6.30. The molecule has 15 heavy (non-hydrogen) atoms. The van der Waals surface area contributed by atoms with E-state index in [-0.39, 0.29) is 11.8 Å². The van der Waals surface area contributed by atoms with Crippen molar-refractivity contribution in [1.29, 1.82) is 0 Å². The smallest absolute Gasteiger partial charge is 0.107 e. The second-order valence-corrected chi connectivity index (χ2v) is 4.85. The SMILES string of the molecule is FC(C1CCOCC1)C1CCCCNC1. The molecule has 3 heteroatoms. The zero-order valence-corrected chi connectivity index (χ0v) is 9.38. The molecule has 0 amide bonds. The Morgan fingerprint density at radius 3 is 2.67 bits per heavy atom. The molecule has 2 heterocycles. The Balaban J connectivity index is 1.83. The van der Waals surface area contributed by atoms with Crippen LogP contribution in [-0.2, 0) is 4.74 Å². The van der Waals surface area contributed by atoms with Gasteiger partial charge in [-0.1, -0.05) is 6.42 Å². The second-order valence-electron chi connectivity index (χ2n) is 4.85. The van der Waals surface area contributed by atoms with Gasteiger partial charge in [0.1, 0.15) is 6.17 Å². The van der Waals surface area contributed by atoms with Crippen LogP contribution in [0, 0.1) is 11.8 Å². The van der Waals surface area contributed by atoms with Gasteiger partial charge in [-0.3, -0.25) is 0 Å². The average molecular weight is 215 g/mol. The summed E-state index contributed by atoms with van der Waals surface area (Å²) in [6, 6.07) is 0. The van der Waals surface area contributed by atoms with Crippen molar-refractivity contribution >= 4 is 0 Å². The van der Waals surface area contributed by atoms with Crippen molar-refractivity contribution in [1.82, 2.24) is 5.32 Å². The summed E-state index contributed by atoms with van der Waals surface area (Å²) in [4.78, 5) is 0. The van der Waals surface area contributed by atoms with Gasteiger partial charge in [-0.2, -0.15) is 0 Å². The van der Waals surface area contributed by atoms with E-state index < -0.39 is 6.17 Å². The van der Waals surface area contributed by atoms with Gasteiger partial charge in [0.2, 0.25) is 0 Å². The van der Waals surface area contributed by atoms with Gasteiger partial charge in [0, 0.05) is 25.7 Å². The van der Waals surface area contributed by atoms with Crippen LogP contribution in [0.1, 0.15) is 32.1 Å². The molecule has 1 N–H and O–H groups in total. The number of hydrogen-bond donors (Lipinski definition) is 1. The average Bonchev–Trinajstić information content (AvgIpc) is 2.58. The van der Waals surface area contributed by atoms with E-state index in [2.05, 4.69) is 5.32 Å². The van der Waals surface area contributed by atoms with E-state index in [0.717, 1.165) is 45.6 Å². The Kier molecular flexibility index (Phi) is 4.39. The minimum absolute atomic E-state index is 0.246. The molecule has 2 unspecified atom stereocenters. The van der Waals surface area contributed by atoms with Crippen LogP contribution in [0.3, 0.4) is 0 Å². The molecule has 0 aromatic heterocycles. The molecule has 0 spiro atoms. The largest absolute Gasteiger partial charge is 0.381 e. The van der Waals surface area contributed by atoms with Crippen LogP contribution in [-0.4, -0.2) is 32.5 Å². The summed E-state index contributed by atoms with van der Waals surface area (Å²) in [6.07, 6.45) is 4.67. The minimum atomic E-state index is -0.612. The number of alkyl halides is 1. The first kappa shape index (κ1) is 11.3. The van der Waals surface area contributed by atoms with Gasteiger partial charge in [0.25, 0.3) is 0 Å². The third-order valence-electron chi connectivity index (χ3n) is 3.75. The summed E-state index contributed by atoms with van der Waals surface area (Å²) in [5.41, 5.74) is 0. The highest BCUT2D eigenvalue weighted by molar-refractivity contribution is 4.81. The van der Waals surface area contributed by atoms with Crippen molar-refractivity contribution < 1.29 is 9.13 Å². The van der Waals surface area contributed by atoms with Crippen LogP contribution >= 0.6 is 0 Å². The van der Waals surface area contributed by atoms with Crippen LogP contribution in [0.4, 0.5) is 4.39 Å². The lowest BCUT2D eigenvalue weighted by Crippen LogP contribution is -2.35. The summed E-state index contributed by atoms with van der Waals surface area (Å²) in [7, 11) is 0. The lowest BCUT2D eigenvalue weighted by atomic mass is 9.85. The molecule has 2 fully saturated rings. The fourth-order valence-electron chi connectivity index (χ4n) is 2.74. The molecule has 88 valence electrons. The molecule has 2 nitrogen and oxygen atoms in total. The first-order valence-corrected chi connectivity index (χ1v) is 6.30. The molecule has 0 saturated carbocycles. The zero-order chi connectivity index (χ0) is 10.5. The summed E-state index contributed by atoms with van der Waals surface area (Å²) < 4.78 is 19.5. The van der Waals surface area contributed by atoms with E-state index >= 15 is 0 Å². The van der Waals surface area contributed by atoms with Crippen molar-refractivity contribution in [3.8, 4) is 0 Å². The van der Waals surface area contributed by atoms with E-state index in [4.69, 9.17) is 4.74 Å². The van der Waals surface area contributed by atoms with Crippen LogP contribution in [0.25, 0.3) is 0 Å². The molecular weight excluding hydrogens is 193 g/mol. The maximum Gasteiger partial charge on any atom is 0.107 e. The fourth-order valence-corrected chi connectivity index (χ4v) is 2.74. The zero-order valence-electron chi connectivity index (χ0n) is 9.38. The molecule has 0 aromatic carbocycles. The topological polar surface area (TPSA) is 21.3 Å². The maximum absolute atomic E-state index is 14.3. The summed E-state index contributed by atoms with van der Waals surface area (Å²) in [6.45, 7) is 3.45. The number of rotatable bonds is 2. The number of ether oxygens (including phenoxy) is 1. The van der Waals surface area contributed by atoms with Gasteiger partial charge in [-0.25, -0.2) is 4.39 Å². The monoisotopic (exact) mass is 215 g/mol. The molecule has 2 aliphatic rings. The Hall–Kier alpha value is -0.150. The van der Waals surface area contributed by atoms with Crippen LogP contribution < -0.4 is 5.32 Å². The predicted molar refractivity (Wildman–Crippen MR) is 58.6 cm³/mol. The molecule has 0 aliphatic carbocycles. The molecule has 2 rings (SSSR count). The van der Waals surface area contributed by atoms with Gasteiger partial charge in [0.15, 0.2) is 0 Å². The molecule has 0 radical (unpaired) electrons. The predicted octanol–water partition coefficient (Wildman–Crippen LogP) is 2.14. The normalized spacial score (nSPS) is 32.2. The highest BCUT2D eigenvalue weighted by Gasteiger charge is 2.30. The standard InChI is InChI=1S/C12H22FNO/c13-12(10-4-7-15-8-5-10)11-3-1-2-6-14-9-11/h10-12,14H,1-9H2. The highest BCUT2D eigenvalue weighted by Crippen LogP contribution is 2.29. The molecule has 2 saturated heterocycles. The van der Waals surface area contributed by atoms with Crippen molar-refractivity contribution in [3.05, 3.63) is 0 Å². The molecule has 0 aromatic rings. The third-order valence-corrected chi connectivity index (χ3v) is 3.75. The highest BCUT2D eigenvalue weighted by atomic mass is 19.1. The van der Waals surface area contributed by atoms with Crippen molar-refractivity contribution in [2.24, 2.45) is 11.8 Å². The Morgan fingerprint density at radius 2 is 1.87 bits per heavy atom. The second kappa shape index (κ2) is 5.80. The van der Waals surface area contributed by atoms with E-state index in [1.807, 2.05) is 0 Å². The van der Waals surface area contributed by atoms with Gasteiger partial charge in [-0.05, 0) is 38.1 Å². The lowest BCUT2D eigenvalue weighted by molar-refractivity contribution is 0.0197. The number of halogens is 1. The van der Waals surface area contributed by atoms with E-state index in [0.29, 0.717) is 0 Å². The Labute approximate surface area is 91.6 Å². The quantitative estimate of drug-likeness (QED) is 0.762. The van der Waals surface area contributed by atoms with Crippen molar-refractivity contribution in [2.45, 2.75) is 38.3 Å². The van der Waals surface area contributed by atoms with Gasteiger partial charge in [-0.15, -0.1) is 0 Å². The third kappa shape index (κ3) is 3.15. The molecule has 0 bridgehead atoms. The van der Waals surface area contributed by atoms with E-state index in [1.165, 1.54) is 12.8 Å². The first-order chi connectivity index (χ1) is 7.38. The van der Waals surface area contributed by atoms with Gasteiger partial charge in [0.05, 0.1) is 0 Å². The van der Waals surface area contributed by atoms with Crippen LogP contribution in [0.5, 0.6) is 0 Å². The van der Waals surface area contributed by atoms with E-state index in [1.54, 1.807) is 0 Å². The minimum Gasteiger partial charge on any atom is -0.381 e. The molecule has 2 atom stereocenters. The molecular formula is C12H22FNO. The Bertz CT molecular complexity index is 174. The van der Waals surface area contributed by atoms with Crippen LogP contribution in [0.15, 0.2) is 0 Å². The number of nitrogens with one attached hydrogen (secondary N) is 1. The van der Waals surface area contributed by atoms with Crippen molar-refractivity contribution in [2.75, 3.05) is 26.3 Å². The Morgan fingerprint density at radius 1 is 1.07 bits per heavy atom. The molecule has 2 aliphatic heterocycles. The van der Waals surface area contributed by atoms with Gasteiger partial charge < -0.3 is 10.1 Å².